The van der Waals surface area contributed by atoms with Crippen molar-refractivity contribution in [2.24, 2.45) is 0 Å². The molecule has 7 heteroatoms. The predicted molar refractivity (Wildman–Crippen MR) is 71.6 cm³/mol. The number of anilines is 1. The van der Waals surface area contributed by atoms with Crippen molar-refractivity contribution in [2.75, 3.05) is 30.5 Å². The SMILES string of the molecule is CCc1nnc(N(C)CCS(C)(=O)=O)nc1CC. The van der Waals surface area contributed by atoms with E-state index in [1.54, 1.807) is 11.9 Å². The fourth-order valence-corrected chi connectivity index (χ4v) is 2.10. The number of hydrogen-bond donors (Lipinski definition) is 0. The van der Waals surface area contributed by atoms with Crippen LogP contribution in [0.15, 0.2) is 0 Å². The van der Waals surface area contributed by atoms with Crippen LogP contribution in [0.3, 0.4) is 0 Å². The molecule has 0 fully saturated rings. The molecule has 1 heterocycles. The molecule has 0 amide bonds. The number of hydrogen-bond acceptors (Lipinski definition) is 6. The van der Waals surface area contributed by atoms with E-state index < -0.39 is 9.84 Å². The Balaban J connectivity index is 2.83. The summed E-state index contributed by atoms with van der Waals surface area (Å²) in [5.74, 6) is 0.567. The third kappa shape index (κ3) is 4.21. The second-order valence-electron chi connectivity index (χ2n) is 4.26. The van der Waals surface area contributed by atoms with Crippen molar-refractivity contribution < 1.29 is 8.42 Å². The van der Waals surface area contributed by atoms with Crippen LogP contribution in [-0.4, -0.2) is 49.2 Å². The molecule has 0 atom stereocenters. The fraction of sp³-hybridized carbons (Fsp3) is 0.727. The summed E-state index contributed by atoms with van der Waals surface area (Å²) in [6.07, 6.45) is 2.82. The molecule has 0 aliphatic carbocycles. The number of aromatic nitrogens is 3. The first-order valence-corrected chi connectivity index (χ1v) is 8.04. The van der Waals surface area contributed by atoms with Gasteiger partial charge in [-0.2, -0.15) is 5.10 Å². The minimum atomic E-state index is -2.97. The molecular formula is C11H20N4O2S. The zero-order chi connectivity index (χ0) is 13.8. The lowest BCUT2D eigenvalue weighted by Crippen LogP contribution is -2.27. The lowest BCUT2D eigenvalue weighted by Gasteiger charge is -2.16. The monoisotopic (exact) mass is 272 g/mol. The quantitative estimate of drug-likeness (QED) is 0.749. The molecule has 0 N–H and O–H groups in total. The molecule has 1 rings (SSSR count). The molecular weight excluding hydrogens is 252 g/mol. The normalized spacial score (nSPS) is 11.6. The Morgan fingerprint density at radius 2 is 1.72 bits per heavy atom. The Kier molecular flexibility index (Phi) is 5.01. The van der Waals surface area contributed by atoms with Gasteiger partial charge >= 0.3 is 0 Å². The number of aryl methyl sites for hydroxylation is 2. The summed E-state index contributed by atoms with van der Waals surface area (Å²) in [5.41, 5.74) is 1.83. The zero-order valence-electron chi connectivity index (χ0n) is 11.3. The molecule has 1 aromatic rings. The van der Waals surface area contributed by atoms with Crippen LogP contribution in [0.5, 0.6) is 0 Å². The van der Waals surface area contributed by atoms with E-state index in [9.17, 15) is 8.42 Å². The van der Waals surface area contributed by atoms with Crippen molar-refractivity contribution in [3.05, 3.63) is 11.4 Å². The van der Waals surface area contributed by atoms with Gasteiger partial charge in [0.1, 0.15) is 9.84 Å². The molecule has 0 aromatic carbocycles. The van der Waals surface area contributed by atoms with Gasteiger partial charge in [0.05, 0.1) is 17.1 Å². The Labute approximate surface area is 108 Å². The minimum Gasteiger partial charge on any atom is -0.342 e. The highest BCUT2D eigenvalue weighted by Gasteiger charge is 2.11. The van der Waals surface area contributed by atoms with Crippen LogP contribution in [0, 0.1) is 0 Å². The van der Waals surface area contributed by atoms with E-state index in [1.807, 2.05) is 13.8 Å². The van der Waals surface area contributed by atoms with Crippen LogP contribution in [0.2, 0.25) is 0 Å². The maximum absolute atomic E-state index is 11.1. The number of rotatable bonds is 6. The molecule has 6 nitrogen and oxygen atoms in total. The van der Waals surface area contributed by atoms with Gasteiger partial charge in [0, 0.05) is 19.8 Å². The van der Waals surface area contributed by atoms with E-state index in [2.05, 4.69) is 15.2 Å². The summed E-state index contributed by atoms with van der Waals surface area (Å²) in [7, 11) is -1.20. The summed E-state index contributed by atoms with van der Waals surface area (Å²) < 4.78 is 22.2. The van der Waals surface area contributed by atoms with Crippen molar-refractivity contribution in [1.29, 1.82) is 0 Å². The highest BCUT2D eigenvalue weighted by molar-refractivity contribution is 7.90. The Bertz CT molecular complexity index is 502. The van der Waals surface area contributed by atoms with E-state index in [1.165, 1.54) is 6.26 Å². The van der Waals surface area contributed by atoms with E-state index in [0.29, 0.717) is 12.5 Å². The van der Waals surface area contributed by atoms with Gasteiger partial charge < -0.3 is 4.90 Å². The van der Waals surface area contributed by atoms with Crippen LogP contribution in [0.1, 0.15) is 25.2 Å². The summed E-state index contributed by atoms with van der Waals surface area (Å²) >= 11 is 0. The van der Waals surface area contributed by atoms with E-state index in [0.717, 1.165) is 24.2 Å². The highest BCUT2D eigenvalue weighted by atomic mass is 32.2. The van der Waals surface area contributed by atoms with Crippen LogP contribution in [0.25, 0.3) is 0 Å². The molecule has 0 radical (unpaired) electrons. The van der Waals surface area contributed by atoms with Crippen molar-refractivity contribution in [2.45, 2.75) is 26.7 Å². The van der Waals surface area contributed by atoms with Gasteiger partial charge in [-0.25, -0.2) is 13.4 Å². The maximum atomic E-state index is 11.1. The third-order valence-electron chi connectivity index (χ3n) is 2.64. The molecule has 0 bridgehead atoms. The summed E-state index contributed by atoms with van der Waals surface area (Å²) in [6, 6.07) is 0. The lowest BCUT2D eigenvalue weighted by atomic mass is 10.2. The third-order valence-corrected chi connectivity index (χ3v) is 3.56. The molecule has 0 spiro atoms. The van der Waals surface area contributed by atoms with Crippen molar-refractivity contribution in [1.82, 2.24) is 15.2 Å². The van der Waals surface area contributed by atoms with Gasteiger partial charge in [-0.05, 0) is 12.8 Å². The minimum absolute atomic E-state index is 0.0872. The van der Waals surface area contributed by atoms with Crippen molar-refractivity contribution >= 4 is 15.8 Å². The van der Waals surface area contributed by atoms with Crippen molar-refractivity contribution in [3.63, 3.8) is 0 Å². The number of nitrogens with zero attached hydrogens (tertiary/aromatic N) is 4. The predicted octanol–water partition coefficient (Wildman–Crippen LogP) is 0.477. The highest BCUT2D eigenvalue weighted by Crippen LogP contribution is 2.09. The average Bonchev–Trinajstić information content (AvgIpc) is 2.34. The Hall–Kier alpha value is -1.24. The van der Waals surface area contributed by atoms with Gasteiger partial charge in [0.15, 0.2) is 0 Å². The largest absolute Gasteiger partial charge is 0.342 e. The molecule has 1 aromatic heterocycles. The topological polar surface area (TPSA) is 76.1 Å². The Morgan fingerprint density at radius 1 is 1.11 bits per heavy atom. The van der Waals surface area contributed by atoms with Crippen LogP contribution < -0.4 is 4.90 Å². The molecule has 0 aliphatic heterocycles. The number of sulfone groups is 1. The van der Waals surface area contributed by atoms with E-state index in [4.69, 9.17) is 0 Å². The fourth-order valence-electron chi connectivity index (χ4n) is 1.49. The van der Waals surface area contributed by atoms with Gasteiger partial charge in [0.2, 0.25) is 5.95 Å². The van der Waals surface area contributed by atoms with E-state index >= 15 is 0 Å². The summed E-state index contributed by atoms with van der Waals surface area (Å²) in [6.45, 7) is 4.40. The summed E-state index contributed by atoms with van der Waals surface area (Å²) in [5, 5.41) is 8.16. The maximum Gasteiger partial charge on any atom is 0.245 e. The Morgan fingerprint density at radius 3 is 2.22 bits per heavy atom. The smallest absolute Gasteiger partial charge is 0.245 e. The first-order chi connectivity index (χ1) is 8.37. The zero-order valence-corrected chi connectivity index (χ0v) is 12.2. The molecule has 0 saturated carbocycles. The molecule has 18 heavy (non-hydrogen) atoms. The average molecular weight is 272 g/mol. The second kappa shape index (κ2) is 6.08. The molecule has 0 saturated heterocycles. The first kappa shape index (κ1) is 14.8. The van der Waals surface area contributed by atoms with Crippen LogP contribution >= 0.6 is 0 Å². The second-order valence-corrected chi connectivity index (χ2v) is 6.52. The van der Waals surface area contributed by atoms with Gasteiger partial charge in [0.25, 0.3) is 0 Å². The van der Waals surface area contributed by atoms with Crippen LogP contribution in [-0.2, 0) is 22.7 Å². The molecule has 0 unspecified atom stereocenters. The summed E-state index contributed by atoms with van der Waals surface area (Å²) in [4.78, 5) is 6.14. The van der Waals surface area contributed by atoms with Crippen molar-refractivity contribution in [3.8, 4) is 0 Å². The van der Waals surface area contributed by atoms with Gasteiger partial charge in [-0.1, -0.05) is 13.8 Å². The lowest BCUT2D eigenvalue weighted by molar-refractivity contribution is 0.600. The molecule has 102 valence electrons. The van der Waals surface area contributed by atoms with Gasteiger partial charge in [-0.3, -0.25) is 0 Å². The van der Waals surface area contributed by atoms with Crippen LogP contribution in [0.4, 0.5) is 5.95 Å². The van der Waals surface area contributed by atoms with Gasteiger partial charge in [-0.15, -0.1) is 5.10 Å². The first-order valence-electron chi connectivity index (χ1n) is 5.98. The standard InChI is InChI=1S/C11H20N4O2S/c1-5-9-10(6-2)13-14-11(12-9)15(3)7-8-18(4,16)17/h5-8H2,1-4H3. The van der Waals surface area contributed by atoms with E-state index in [-0.39, 0.29) is 5.75 Å². The molecule has 0 aliphatic rings.